The fourth-order valence-corrected chi connectivity index (χ4v) is 6.15. The molecule has 2 aliphatic rings. The molecule has 2 aromatic rings. The number of sulfonamides is 1. The molecule has 156 valence electrons. The average Bonchev–Trinajstić information content (AvgIpc) is 3.12. The van der Waals surface area contributed by atoms with E-state index in [1.807, 2.05) is 13.8 Å². The number of hydrogen-bond donors (Lipinski definition) is 1. The van der Waals surface area contributed by atoms with E-state index in [4.69, 9.17) is 4.74 Å². The summed E-state index contributed by atoms with van der Waals surface area (Å²) in [7, 11) is -3.68. The molecule has 0 radical (unpaired) electrons. The standard InChI is InChI=1S/C21H27N3O4S/c1-15(2)14-24-17-9-12-23(21(25)16-6-5-11-22-16)13-10-18(17)28-19-7-3-4-8-20(19)29(24,26)27/h3-8,11,15,17-18,22H,9-10,12-14H2,1-2H3/t17-,18+/m1/s1. The normalized spacial score (nSPS) is 24.2. The number of carbonyl (C=O) groups is 1. The van der Waals surface area contributed by atoms with Gasteiger partial charge in [0.15, 0.2) is 0 Å². The molecule has 0 spiro atoms. The van der Waals surface area contributed by atoms with E-state index in [-0.39, 0.29) is 28.9 Å². The Morgan fingerprint density at radius 2 is 1.93 bits per heavy atom. The number of rotatable bonds is 3. The van der Waals surface area contributed by atoms with Crippen LogP contribution in [0.1, 0.15) is 37.2 Å². The second-order valence-electron chi connectivity index (χ2n) is 8.09. The lowest BCUT2D eigenvalue weighted by Crippen LogP contribution is -2.48. The van der Waals surface area contributed by atoms with Crippen LogP contribution in [0.5, 0.6) is 5.75 Å². The zero-order valence-corrected chi connectivity index (χ0v) is 17.6. The molecule has 8 heteroatoms. The van der Waals surface area contributed by atoms with Crippen molar-refractivity contribution in [1.29, 1.82) is 0 Å². The molecule has 0 bridgehead atoms. The number of nitrogens with zero attached hydrogens (tertiary/aromatic N) is 2. The monoisotopic (exact) mass is 417 g/mol. The summed E-state index contributed by atoms with van der Waals surface area (Å²) >= 11 is 0. The molecule has 1 N–H and O–H groups in total. The Bertz CT molecular complexity index is 972. The topological polar surface area (TPSA) is 82.7 Å². The number of nitrogens with one attached hydrogen (secondary N) is 1. The van der Waals surface area contributed by atoms with Crippen molar-refractivity contribution in [2.24, 2.45) is 5.92 Å². The zero-order valence-electron chi connectivity index (χ0n) is 16.7. The van der Waals surface area contributed by atoms with Gasteiger partial charge < -0.3 is 14.6 Å². The third-order valence-corrected chi connectivity index (χ3v) is 7.48. The highest BCUT2D eigenvalue weighted by molar-refractivity contribution is 7.89. The van der Waals surface area contributed by atoms with Gasteiger partial charge in [-0.25, -0.2) is 8.42 Å². The van der Waals surface area contributed by atoms with E-state index >= 15 is 0 Å². The van der Waals surface area contributed by atoms with Gasteiger partial charge >= 0.3 is 0 Å². The summed E-state index contributed by atoms with van der Waals surface area (Å²) in [5.41, 5.74) is 0.546. The summed E-state index contributed by atoms with van der Waals surface area (Å²) in [5, 5.41) is 0. The fraction of sp³-hybridized carbons (Fsp3) is 0.476. The molecule has 1 aromatic carbocycles. The number of carbonyl (C=O) groups excluding carboxylic acids is 1. The van der Waals surface area contributed by atoms with Crippen LogP contribution in [-0.2, 0) is 10.0 Å². The molecule has 2 atom stereocenters. The number of H-pyrrole nitrogens is 1. The Hall–Kier alpha value is -2.32. The number of aromatic amines is 1. The second kappa shape index (κ2) is 7.84. The summed E-state index contributed by atoms with van der Waals surface area (Å²) < 4.78 is 34.8. The molecule has 2 aliphatic heterocycles. The van der Waals surface area contributed by atoms with Crippen LogP contribution in [0.25, 0.3) is 0 Å². The Morgan fingerprint density at radius 3 is 2.66 bits per heavy atom. The number of ether oxygens (including phenoxy) is 1. The first-order valence-electron chi connectivity index (χ1n) is 10.1. The number of amides is 1. The van der Waals surface area contributed by atoms with Crippen molar-refractivity contribution in [3.05, 3.63) is 48.3 Å². The molecule has 29 heavy (non-hydrogen) atoms. The predicted octanol–water partition coefficient (Wildman–Crippen LogP) is 2.73. The molecule has 7 nitrogen and oxygen atoms in total. The van der Waals surface area contributed by atoms with Gasteiger partial charge in [-0.1, -0.05) is 26.0 Å². The second-order valence-corrected chi connectivity index (χ2v) is 9.95. The summed E-state index contributed by atoms with van der Waals surface area (Å²) in [5.74, 6) is 0.513. The molecule has 4 rings (SSSR count). The molecular weight excluding hydrogens is 390 g/mol. The Balaban J connectivity index is 1.68. The Morgan fingerprint density at radius 1 is 1.17 bits per heavy atom. The number of benzene rings is 1. The van der Waals surface area contributed by atoms with Crippen LogP contribution in [-0.4, -0.2) is 60.3 Å². The Kier molecular flexibility index (Phi) is 5.40. The van der Waals surface area contributed by atoms with E-state index in [0.717, 1.165) is 0 Å². The van der Waals surface area contributed by atoms with Crippen molar-refractivity contribution in [3.63, 3.8) is 0 Å². The molecular formula is C21H27N3O4S. The maximum absolute atomic E-state index is 13.5. The summed E-state index contributed by atoms with van der Waals surface area (Å²) in [6.45, 7) is 5.46. The van der Waals surface area contributed by atoms with Gasteiger partial charge in [0.1, 0.15) is 22.4 Å². The number of aromatic nitrogens is 1. The van der Waals surface area contributed by atoms with Crippen molar-refractivity contribution in [1.82, 2.24) is 14.2 Å². The van der Waals surface area contributed by atoms with Gasteiger partial charge in [0, 0.05) is 32.3 Å². The minimum Gasteiger partial charge on any atom is -0.487 e. The number of fused-ring (bicyclic) bond motifs is 2. The molecule has 0 saturated carbocycles. The maximum Gasteiger partial charge on any atom is 0.270 e. The van der Waals surface area contributed by atoms with E-state index in [1.165, 1.54) is 0 Å². The van der Waals surface area contributed by atoms with Gasteiger partial charge in [-0.2, -0.15) is 4.31 Å². The predicted molar refractivity (Wildman–Crippen MR) is 109 cm³/mol. The van der Waals surface area contributed by atoms with Crippen LogP contribution < -0.4 is 4.74 Å². The quantitative estimate of drug-likeness (QED) is 0.832. The lowest BCUT2D eigenvalue weighted by atomic mass is 10.0. The first-order chi connectivity index (χ1) is 13.9. The smallest absolute Gasteiger partial charge is 0.270 e. The molecule has 3 heterocycles. The molecule has 0 unspecified atom stereocenters. The fourth-order valence-electron chi connectivity index (χ4n) is 4.19. The van der Waals surface area contributed by atoms with Crippen molar-refractivity contribution in [2.45, 2.75) is 43.7 Å². The van der Waals surface area contributed by atoms with Gasteiger partial charge in [-0.3, -0.25) is 4.79 Å². The first kappa shape index (κ1) is 20.0. The van der Waals surface area contributed by atoms with E-state index < -0.39 is 10.0 Å². The van der Waals surface area contributed by atoms with Crippen LogP contribution >= 0.6 is 0 Å². The molecule has 1 saturated heterocycles. The minimum absolute atomic E-state index is 0.0647. The van der Waals surface area contributed by atoms with E-state index in [9.17, 15) is 13.2 Å². The molecule has 0 aliphatic carbocycles. The van der Waals surface area contributed by atoms with E-state index in [1.54, 1.807) is 51.8 Å². The SMILES string of the molecule is CC(C)CN1[C@@H]2CCN(C(=O)c3ccc[nH]3)CC[C@@H]2Oc2ccccc2S1(=O)=O. The van der Waals surface area contributed by atoms with Gasteiger partial charge in [-0.05, 0) is 36.6 Å². The molecule has 1 aromatic heterocycles. The zero-order chi connectivity index (χ0) is 20.6. The van der Waals surface area contributed by atoms with Crippen LogP contribution in [0.15, 0.2) is 47.5 Å². The van der Waals surface area contributed by atoms with Crippen molar-refractivity contribution in [3.8, 4) is 5.75 Å². The lowest BCUT2D eigenvalue weighted by Gasteiger charge is -2.32. The largest absolute Gasteiger partial charge is 0.487 e. The average molecular weight is 418 g/mol. The number of para-hydroxylation sites is 1. The van der Waals surface area contributed by atoms with Gasteiger partial charge in [0.25, 0.3) is 5.91 Å². The third-order valence-electron chi connectivity index (χ3n) is 5.55. The molecule has 1 amide bonds. The lowest BCUT2D eigenvalue weighted by molar-refractivity contribution is 0.0750. The summed E-state index contributed by atoms with van der Waals surface area (Å²) in [6, 6.07) is 10.1. The minimum atomic E-state index is -3.68. The highest BCUT2D eigenvalue weighted by Gasteiger charge is 2.43. The maximum atomic E-state index is 13.5. The number of hydrogen-bond acceptors (Lipinski definition) is 4. The van der Waals surface area contributed by atoms with E-state index in [0.29, 0.717) is 43.9 Å². The number of likely N-dealkylation sites (tertiary alicyclic amines) is 1. The van der Waals surface area contributed by atoms with Gasteiger partial charge in [0.05, 0.1) is 6.04 Å². The highest BCUT2D eigenvalue weighted by Crippen LogP contribution is 2.36. The molecule has 1 fully saturated rings. The van der Waals surface area contributed by atoms with Crippen molar-refractivity contribution in [2.75, 3.05) is 19.6 Å². The van der Waals surface area contributed by atoms with Crippen LogP contribution in [0.4, 0.5) is 0 Å². The van der Waals surface area contributed by atoms with Crippen molar-refractivity contribution >= 4 is 15.9 Å². The third kappa shape index (κ3) is 3.79. The summed E-state index contributed by atoms with van der Waals surface area (Å²) in [6.07, 6.45) is 2.55. The van der Waals surface area contributed by atoms with Crippen LogP contribution in [0.3, 0.4) is 0 Å². The highest BCUT2D eigenvalue weighted by atomic mass is 32.2. The Labute approximate surface area is 171 Å². The first-order valence-corrected chi connectivity index (χ1v) is 11.5. The van der Waals surface area contributed by atoms with Crippen LogP contribution in [0.2, 0.25) is 0 Å². The van der Waals surface area contributed by atoms with Gasteiger partial charge in [0.2, 0.25) is 10.0 Å². The van der Waals surface area contributed by atoms with Crippen molar-refractivity contribution < 1.29 is 17.9 Å². The van der Waals surface area contributed by atoms with Gasteiger partial charge in [-0.15, -0.1) is 0 Å². The van der Waals surface area contributed by atoms with E-state index in [2.05, 4.69) is 4.98 Å². The van der Waals surface area contributed by atoms with Crippen LogP contribution in [0, 0.1) is 5.92 Å². The summed E-state index contributed by atoms with van der Waals surface area (Å²) in [4.78, 5) is 17.8.